The van der Waals surface area contributed by atoms with Gasteiger partial charge in [0.1, 0.15) is 17.1 Å². The molecule has 0 fully saturated rings. The monoisotopic (exact) mass is 317 g/mol. The number of nitrogens with zero attached hydrogens (tertiary/aromatic N) is 3. The molecule has 0 amide bonds. The lowest BCUT2D eigenvalue weighted by Gasteiger charge is -2.09. The van der Waals surface area contributed by atoms with Gasteiger partial charge in [0.05, 0.1) is 19.4 Å². The van der Waals surface area contributed by atoms with Crippen LogP contribution in [0.5, 0.6) is 5.75 Å². The molecule has 0 radical (unpaired) electrons. The highest BCUT2D eigenvalue weighted by Gasteiger charge is 2.17. The molecule has 0 spiro atoms. The van der Waals surface area contributed by atoms with Gasteiger partial charge in [0.25, 0.3) is 0 Å². The molecule has 7 heteroatoms. The third-order valence-electron chi connectivity index (χ3n) is 3.38. The van der Waals surface area contributed by atoms with Gasteiger partial charge in [-0.05, 0) is 30.3 Å². The Morgan fingerprint density at radius 1 is 1.13 bits per heavy atom. The summed E-state index contributed by atoms with van der Waals surface area (Å²) < 4.78 is 33.3. The van der Waals surface area contributed by atoms with E-state index in [1.54, 1.807) is 24.3 Å². The standard InChI is InChI=1S/C16H13F2N3O2/c1-23-12-4-2-3-11(8-12)21-16(15(9-22)19-20-21)10-5-6-13(17)14(18)7-10/h2-8,22H,9H2,1H3. The van der Waals surface area contributed by atoms with Gasteiger partial charge in [-0.2, -0.15) is 0 Å². The zero-order valence-corrected chi connectivity index (χ0v) is 12.2. The highest BCUT2D eigenvalue weighted by molar-refractivity contribution is 5.64. The molecule has 5 nitrogen and oxygen atoms in total. The number of ether oxygens (including phenoxy) is 1. The van der Waals surface area contributed by atoms with Gasteiger partial charge < -0.3 is 9.84 Å². The molecule has 1 aromatic heterocycles. The summed E-state index contributed by atoms with van der Waals surface area (Å²) in [6.07, 6.45) is 0. The predicted octanol–water partition coefficient (Wildman–Crippen LogP) is 2.71. The second kappa shape index (κ2) is 6.13. The smallest absolute Gasteiger partial charge is 0.159 e. The second-order valence-corrected chi connectivity index (χ2v) is 4.79. The van der Waals surface area contributed by atoms with Gasteiger partial charge in [-0.25, -0.2) is 13.5 Å². The minimum Gasteiger partial charge on any atom is -0.497 e. The van der Waals surface area contributed by atoms with Gasteiger partial charge in [-0.15, -0.1) is 5.10 Å². The Bertz CT molecular complexity index is 849. The molecule has 0 unspecified atom stereocenters. The first-order valence-corrected chi connectivity index (χ1v) is 6.79. The van der Waals surface area contributed by atoms with Crippen LogP contribution in [0.1, 0.15) is 5.69 Å². The number of rotatable bonds is 4. The maximum Gasteiger partial charge on any atom is 0.159 e. The van der Waals surface area contributed by atoms with Crippen LogP contribution >= 0.6 is 0 Å². The lowest BCUT2D eigenvalue weighted by molar-refractivity contribution is 0.277. The molecule has 23 heavy (non-hydrogen) atoms. The van der Waals surface area contributed by atoms with Crippen LogP contribution in [0.2, 0.25) is 0 Å². The van der Waals surface area contributed by atoms with E-state index in [0.717, 1.165) is 12.1 Å². The second-order valence-electron chi connectivity index (χ2n) is 4.79. The third-order valence-corrected chi connectivity index (χ3v) is 3.38. The summed E-state index contributed by atoms with van der Waals surface area (Å²) >= 11 is 0. The summed E-state index contributed by atoms with van der Waals surface area (Å²) in [7, 11) is 1.54. The molecule has 118 valence electrons. The van der Waals surface area contributed by atoms with Gasteiger partial charge in [0.2, 0.25) is 0 Å². The van der Waals surface area contributed by atoms with Crippen LogP contribution in [-0.4, -0.2) is 27.2 Å². The van der Waals surface area contributed by atoms with E-state index in [2.05, 4.69) is 10.3 Å². The minimum absolute atomic E-state index is 0.263. The van der Waals surface area contributed by atoms with Gasteiger partial charge in [-0.3, -0.25) is 0 Å². The maximum absolute atomic E-state index is 13.6. The van der Waals surface area contributed by atoms with Crippen molar-refractivity contribution in [2.24, 2.45) is 0 Å². The van der Waals surface area contributed by atoms with Crippen LogP contribution in [-0.2, 0) is 6.61 Å². The first kappa shape index (κ1) is 15.1. The Kier molecular flexibility index (Phi) is 4.03. The van der Waals surface area contributed by atoms with E-state index in [9.17, 15) is 13.9 Å². The van der Waals surface area contributed by atoms with E-state index in [1.165, 1.54) is 17.9 Å². The molecule has 1 heterocycles. The maximum atomic E-state index is 13.6. The van der Waals surface area contributed by atoms with Crippen LogP contribution in [0.4, 0.5) is 8.78 Å². The summed E-state index contributed by atoms with van der Waals surface area (Å²) in [6.45, 7) is -0.377. The number of benzene rings is 2. The first-order valence-electron chi connectivity index (χ1n) is 6.79. The molecule has 0 saturated heterocycles. The van der Waals surface area contributed by atoms with Crippen molar-refractivity contribution in [2.75, 3.05) is 7.11 Å². The fourth-order valence-electron chi connectivity index (χ4n) is 2.27. The molecule has 3 rings (SSSR count). The molecular formula is C16H13F2N3O2. The fraction of sp³-hybridized carbons (Fsp3) is 0.125. The normalized spacial score (nSPS) is 10.8. The van der Waals surface area contributed by atoms with Crippen molar-refractivity contribution in [3.8, 4) is 22.7 Å². The summed E-state index contributed by atoms with van der Waals surface area (Å²) in [5.74, 6) is -1.32. The Morgan fingerprint density at radius 3 is 2.65 bits per heavy atom. The van der Waals surface area contributed by atoms with Gasteiger partial charge in [-0.1, -0.05) is 11.3 Å². The minimum atomic E-state index is -0.982. The van der Waals surface area contributed by atoms with Crippen molar-refractivity contribution in [2.45, 2.75) is 6.61 Å². The molecule has 2 aromatic carbocycles. The zero-order chi connectivity index (χ0) is 16.4. The Labute approximate surface area is 130 Å². The molecule has 0 aliphatic rings. The highest BCUT2D eigenvalue weighted by Crippen LogP contribution is 2.28. The van der Waals surface area contributed by atoms with E-state index in [-0.39, 0.29) is 12.3 Å². The summed E-state index contributed by atoms with van der Waals surface area (Å²) in [5.41, 5.74) is 1.63. The van der Waals surface area contributed by atoms with Crippen LogP contribution in [0.25, 0.3) is 16.9 Å². The molecule has 0 bridgehead atoms. The number of aliphatic hydroxyl groups is 1. The molecule has 0 atom stereocenters. The average Bonchev–Trinajstić information content (AvgIpc) is 3.01. The largest absolute Gasteiger partial charge is 0.497 e. The Hall–Kier alpha value is -2.80. The third kappa shape index (κ3) is 2.78. The number of aliphatic hydroxyl groups excluding tert-OH is 1. The lowest BCUT2D eigenvalue weighted by Crippen LogP contribution is -2.01. The average molecular weight is 317 g/mol. The zero-order valence-electron chi connectivity index (χ0n) is 12.2. The summed E-state index contributed by atoms with van der Waals surface area (Å²) in [6, 6.07) is 10.5. The fourth-order valence-corrected chi connectivity index (χ4v) is 2.27. The van der Waals surface area contributed by atoms with Crippen molar-refractivity contribution in [3.05, 3.63) is 59.8 Å². The van der Waals surface area contributed by atoms with Crippen LogP contribution in [0.3, 0.4) is 0 Å². The SMILES string of the molecule is COc1cccc(-n2nnc(CO)c2-c2ccc(F)c(F)c2)c1. The van der Waals surface area contributed by atoms with Crippen molar-refractivity contribution < 1.29 is 18.6 Å². The van der Waals surface area contributed by atoms with E-state index in [0.29, 0.717) is 22.7 Å². The quantitative estimate of drug-likeness (QED) is 0.804. The predicted molar refractivity (Wildman–Crippen MR) is 79.2 cm³/mol. The van der Waals surface area contributed by atoms with Crippen LogP contribution < -0.4 is 4.74 Å². The van der Waals surface area contributed by atoms with Crippen molar-refractivity contribution >= 4 is 0 Å². The van der Waals surface area contributed by atoms with Gasteiger partial charge in [0, 0.05) is 11.6 Å². The molecule has 1 N–H and O–H groups in total. The Balaban J connectivity index is 2.19. The van der Waals surface area contributed by atoms with Gasteiger partial charge in [0.15, 0.2) is 11.6 Å². The number of halogens is 2. The van der Waals surface area contributed by atoms with Crippen LogP contribution in [0.15, 0.2) is 42.5 Å². The topological polar surface area (TPSA) is 60.2 Å². The van der Waals surface area contributed by atoms with Crippen LogP contribution in [0, 0.1) is 11.6 Å². The molecule has 0 aliphatic heterocycles. The van der Waals surface area contributed by atoms with Gasteiger partial charge >= 0.3 is 0 Å². The summed E-state index contributed by atoms with van der Waals surface area (Å²) in [4.78, 5) is 0. The Morgan fingerprint density at radius 2 is 1.96 bits per heavy atom. The van der Waals surface area contributed by atoms with Crippen molar-refractivity contribution in [1.29, 1.82) is 0 Å². The highest BCUT2D eigenvalue weighted by atomic mass is 19.2. The molecule has 0 saturated carbocycles. The van der Waals surface area contributed by atoms with E-state index >= 15 is 0 Å². The van der Waals surface area contributed by atoms with E-state index < -0.39 is 11.6 Å². The number of methoxy groups -OCH3 is 1. The number of aromatic nitrogens is 3. The molecule has 3 aromatic rings. The lowest BCUT2D eigenvalue weighted by atomic mass is 10.1. The summed E-state index contributed by atoms with van der Waals surface area (Å²) in [5, 5.41) is 17.4. The van der Waals surface area contributed by atoms with E-state index in [4.69, 9.17) is 4.74 Å². The van der Waals surface area contributed by atoms with E-state index in [1.807, 2.05) is 0 Å². The molecular weight excluding hydrogens is 304 g/mol. The number of hydrogen-bond donors (Lipinski definition) is 1. The number of hydrogen-bond acceptors (Lipinski definition) is 4. The molecule has 0 aliphatic carbocycles. The first-order chi connectivity index (χ1) is 11.1. The van der Waals surface area contributed by atoms with Crippen molar-refractivity contribution in [3.63, 3.8) is 0 Å². The van der Waals surface area contributed by atoms with Crippen molar-refractivity contribution in [1.82, 2.24) is 15.0 Å².